The summed E-state index contributed by atoms with van der Waals surface area (Å²) in [6.45, 7) is 0.142. The third-order valence-corrected chi connectivity index (χ3v) is 7.00. The smallest absolute Gasteiger partial charge is 0.387 e. The number of carbonyl (C=O) groups excluding carboxylic acids is 1. The zero-order chi connectivity index (χ0) is 24.8. The number of halogens is 5. The van der Waals surface area contributed by atoms with Crippen molar-refractivity contribution >= 4 is 18.5 Å². The van der Waals surface area contributed by atoms with Gasteiger partial charge in [0.05, 0.1) is 5.69 Å². The summed E-state index contributed by atoms with van der Waals surface area (Å²) in [5, 5.41) is 7.57. The molecule has 5 nitrogen and oxygen atoms in total. The van der Waals surface area contributed by atoms with Gasteiger partial charge in [-0.25, -0.2) is 13.2 Å². The summed E-state index contributed by atoms with van der Waals surface area (Å²) >= 11 is 4.40. The predicted molar refractivity (Wildman–Crippen MR) is 119 cm³/mol. The van der Waals surface area contributed by atoms with E-state index in [1.165, 1.54) is 6.92 Å². The van der Waals surface area contributed by atoms with E-state index in [4.69, 9.17) is 0 Å². The van der Waals surface area contributed by atoms with E-state index in [-0.39, 0.29) is 40.1 Å². The highest BCUT2D eigenvalue weighted by Gasteiger charge is 2.42. The van der Waals surface area contributed by atoms with Crippen LogP contribution in [0.4, 0.5) is 22.0 Å². The summed E-state index contributed by atoms with van der Waals surface area (Å²) in [4.78, 5) is 13.0. The molecule has 34 heavy (non-hydrogen) atoms. The molecule has 2 atom stereocenters. The maximum Gasteiger partial charge on any atom is 0.387 e. The van der Waals surface area contributed by atoms with Crippen LogP contribution in [0.3, 0.4) is 0 Å². The first kappa shape index (κ1) is 24.8. The lowest BCUT2D eigenvalue weighted by Gasteiger charge is -2.44. The fourth-order valence-corrected chi connectivity index (χ4v) is 5.67. The highest BCUT2D eigenvalue weighted by atomic mass is 32.1. The van der Waals surface area contributed by atoms with Crippen molar-refractivity contribution in [2.45, 2.75) is 75.8 Å². The number of hydrogen-bond donors (Lipinski definition) is 2. The molecule has 186 valence electrons. The Hall–Kier alpha value is -2.30. The van der Waals surface area contributed by atoms with Gasteiger partial charge in [0.15, 0.2) is 0 Å². The number of nitrogens with one attached hydrogen (secondary N) is 1. The van der Waals surface area contributed by atoms with Gasteiger partial charge in [0, 0.05) is 39.9 Å². The lowest BCUT2D eigenvalue weighted by atomic mass is 9.77. The van der Waals surface area contributed by atoms with Gasteiger partial charge in [-0.2, -0.15) is 26.5 Å². The molecule has 0 saturated heterocycles. The first-order valence-corrected chi connectivity index (χ1v) is 11.6. The van der Waals surface area contributed by atoms with Crippen LogP contribution in [0.25, 0.3) is 11.3 Å². The molecule has 11 heteroatoms. The molecular weight excluding hydrogens is 477 g/mol. The number of amides is 1. The van der Waals surface area contributed by atoms with E-state index in [0.717, 1.165) is 35.7 Å². The van der Waals surface area contributed by atoms with E-state index in [1.807, 2.05) is 6.92 Å². The number of aromatic nitrogens is 2. The van der Waals surface area contributed by atoms with E-state index < -0.39 is 30.8 Å². The fourth-order valence-electron chi connectivity index (χ4n) is 4.86. The van der Waals surface area contributed by atoms with Gasteiger partial charge in [0.2, 0.25) is 5.91 Å². The number of carbonyl (C=O) groups is 1. The summed E-state index contributed by atoms with van der Waals surface area (Å²) in [5.74, 6) is -1.61. The minimum Gasteiger partial charge on any atom is -0.435 e. The van der Waals surface area contributed by atoms with Gasteiger partial charge >= 0.3 is 6.61 Å². The Bertz CT molecular complexity index is 1070. The number of alkyl halides is 4. The van der Waals surface area contributed by atoms with Crippen LogP contribution in [0.15, 0.2) is 18.2 Å². The molecule has 0 bridgehead atoms. The van der Waals surface area contributed by atoms with E-state index >= 15 is 0 Å². The number of ether oxygens (including phenoxy) is 1. The Balaban J connectivity index is 1.68. The number of nitrogens with zero attached hydrogens (tertiary/aromatic N) is 2. The van der Waals surface area contributed by atoms with Crippen LogP contribution in [0.1, 0.15) is 50.4 Å². The zero-order valence-corrected chi connectivity index (χ0v) is 19.6. The lowest BCUT2D eigenvalue weighted by molar-refractivity contribution is -0.128. The molecule has 2 aromatic rings. The molecule has 1 aromatic carbocycles. The van der Waals surface area contributed by atoms with Crippen LogP contribution in [0, 0.1) is 11.7 Å². The van der Waals surface area contributed by atoms with Crippen molar-refractivity contribution in [3.8, 4) is 17.0 Å². The monoisotopic (exact) mass is 503 g/mol. The van der Waals surface area contributed by atoms with Gasteiger partial charge in [0.1, 0.15) is 17.6 Å². The Morgan fingerprint density at radius 3 is 2.62 bits per heavy atom. The highest BCUT2D eigenvalue weighted by molar-refractivity contribution is 7.81. The molecule has 1 heterocycles. The lowest BCUT2D eigenvalue weighted by Crippen LogP contribution is -2.57. The maximum absolute atomic E-state index is 14.7. The summed E-state index contributed by atoms with van der Waals surface area (Å²) in [6.07, 6.45) is -0.341. The highest BCUT2D eigenvalue weighted by Crippen LogP contribution is 2.39. The fraction of sp³-hybridized carbons (Fsp3) is 0.565. The van der Waals surface area contributed by atoms with Gasteiger partial charge in [-0.3, -0.25) is 9.48 Å². The van der Waals surface area contributed by atoms with Gasteiger partial charge in [-0.1, -0.05) is 0 Å². The van der Waals surface area contributed by atoms with Gasteiger partial charge in [-0.15, -0.1) is 0 Å². The Morgan fingerprint density at radius 2 is 2.00 bits per heavy atom. The van der Waals surface area contributed by atoms with Crippen LogP contribution in [-0.2, 0) is 17.6 Å². The predicted octanol–water partition coefficient (Wildman–Crippen LogP) is 5.19. The van der Waals surface area contributed by atoms with E-state index in [2.05, 4.69) is 27.8 Å². The number of thiol groups is 1. The number of fused-ring (bicyclic) bond motifs is 1. The van der Waals surface area contributed by atoms with Gasteiger partial charge in [-0.05, 0) is 57.7 Å². The molecule has 1 aromatic heterocycles. The van der Waals surface area contributed by atoms with E-state index in [1.54, 1.807) is 0 Å². The average Bonchev–Trinajstić information content (AvgIpc) is 3.11. The van der Waals surface area contributed by atoms with Crippen molar-refractivity contribution in [1.82, 2.24) is 15.1 Å². The molecule has 1 saturated carbocycles. The molecule has 2 unspecified atom stereocenters. The zero-order valence-electron chi connectivity index (χ0n) is 18.7. The van der Waals surface area contributed by atoms with Crippen molar-refractivity contribution in [2.75, 3.05) is 0 Å². The maximum atomic E-state index is 14.7. The third-order valence-electron chi connectivity index (χ3n) is 6.64. The van der Waals surface area contributed by atoms with Crippen molar-refractivity contribution in [1.29, 1.82) is 0 Å². The van der Waals surface area contributed by atoms with Crippen LogP contribution < -0.4 is 10.1 Å². The Labute approximate surface area is 199 Å². The average molecular weight is 504 g/mol. The van der Waals surface area contributed by atoms with Crippen LogP contribution in [0.2, 0.25) is 0 Å². The minimum atomic E-state index is -3.10. The SMILES string of the molecule is CC(C(F)F)n1nc(-c2cc(OC(F)F)ccc2F)c2c1CC(C(=O)NC1(C)CC(S)C1)CC2. The van der Waals surface area contributed by atoms with Crippen molar-refractivity contribution in [2.24, 2.45) is 5.92 Å². The van der Waals surface area contributed by atoms with Crippen molar-refractivity contribution < 1.29 is 31.5 Å². The summed E-state index contributed by atoms with van der Waals surface area (Å²) < 4.78 is 72.8. The Kier molecular flexibility index (Phi) is 6.85. The van der Waals surface area contributed by atoms with E-state index in [0.29, 0.717) is 24.1 Å². The van der Waals surface area contributed by atoms with Gasteiger partial charge in [0.25, 0.3) is 6.43 Å². The number of benzene rings is 1. The number of hydrogen-bond acceptors (Lipinski definition) is 4. The van der Waals surface area contributed by atoms with Gasteiger partial charge < -0.3 is 10.1 Å². The summed E-state index contributed by atoms with van der Waals surface area (Å²) in [5.41, 5.74) is 0.621. The number of rotatable bonds is 7. The van der Waals surface area contributed by atoms with Crippen LogP contribution in [0.5, 0.6) is 5.75 Å². The first-order valence-electron chi connectivity index (χ1n) is 11.1. The second kappa shape index (κ2) is 9.39. The minimum absolute atomic E-state index is 0.0995. The molecule has 1 fully saturated rings. The van der Waals surface area contributed by atoms with Crippen LogP contribution >= 0.6 is 12.6 Å². The van der Waals surface area contributed by atoms with Crippen molar-refractivity contribution in [3.05, 3.63) is 35.3 Å². The molecule has 0 aliphatic heterocycles. The topological polar surface area (TPSA) is 56.2 Å². The summed E-state index contributed by atoms with van der Waals surface area (Å²) in [6, 6.07) is 1.81. The van der Waals surface area contributed by atoms with Crippen molar-refractivity contribution in [3.63, 3.8) is 0 Å². The molecule has 2 aliphatic carbocycles. The molecule has 0 radical (unpaired) electrons. The van der Waals surface area contributed by atoms with Crippen LogP contribution in [-0.4, -0.2) is 39.5 Å². The standard InChI is InChI=1S/C23H26F5N3O2S/c1-11(20(25)26)31-18-7-12(21(32)29-23(2)9-14(34)10-23)3-5-15(18)19(30-31)16-8-13(33-22(27)28)4-6-17(16)24/h4,6,8,11-12,14,20,22,34H,3,5,7,9-10H2,1-2H3,(H,29,32). The third kappa shape index (κ3) is 4.89. The summed E-state index contributed by atoms with van der Waals surface area (Å²) in [7, 11) is 0. The molecule has 2 aliphatic rings. The molecule has 1 amide bonds. The second-order valence-electron chi connectivity index (χ2n) is 9.37. The Morgan fingerprint density at radius 1 is 1.29 bits per heavy atom. The normalized spacial score (nSPS) is 25.1. The first-order chi connectivity index (χ1) is 16.0. The second-order valence-corrected chi connectivity index (χ2v) is 10.1. The largest absolute Gasteiger partial charge is 0.435 e. The van der Waals surface area contributed by atoms with E-state index in [9.17, 15) is 26.7 Å². The molecule has 4 rings (SSSR count). The molecule has 1 N–H and O–H groups in total. The molecule has 0 spiro atoms. The molecular formula is C23H26F5N3O2S. The quantitative estimate of drug-likeness (QED) is 0.404.